The molecular weight excluding hydrogens is 469 g/mol. The molecular formula is C25H22Cl3P2+. The predicted molar refractivity (Wildman–Crippen MR) is 140 cm³/mol. The SMILES string of the molecule is ClP(Cl)Cl.c1ccc(C[P+](c2ccccc2)(c2ccccc2)c2ccccc2)cc1. The fourth-order valence-electron chi connectivity index (χ4n) is 3.63. The van der Waals surface area contributed by atoms with Gasteiger partial charge >= 0.3 is 0 Å². The first kappa shape index (κ1) is 23.3. The first-order valence-electron chi connectivity index (χ1n) is 9.49. The van der Waals surface area contributed by atoms with Gasteiger partial charge in [0.05, 0.1) is 6.16 Å². The van der Waals surface area contributed by atoms with E-state index < -0.39 is 13.2 Å². The summed E-state index contributed by atoms with van der Waals surface area (Å²) in [5.74, 6) is -1.20. The van der Waals surface area contributed by atoms with Crippen LogP contribution in [-0.4, -0.2) is 0 Å². The topological polar surface area (TPSA) is 0 Å². The molecule has 0 amide bonds. The van der Waals surface area contributed by atoms with Crippen LogP contribution >= 0.6 is 47.0 Å². The molecule has 0 bridgehead atoms. The Morgan fingerprint density at radius 2 is 0.733 bits per heavy atom. The van der Waals surface area contributed by atoms with Crippen molar-refractivity contribution < 1.29 is 0 Å². The zero-order valence-electron chi connectivity index (χ0n) is 16.3. The van der Waals surface area contributed by atoms with Gasteiger partial charge in [-0.3, -0.25) is 0 Å². The van der Waals surface area contributed by atoms with Gasteiger partial charge in [-0.25, -0.2) is 0 Å². The van der Waals surface area contributed by atoms with E-state index in [1.54, 1.807) is 0 Å². The third kappa shape index (κ3) is 6.07. The summed E-state index contributed by atoms with van der Waals surface area (Å²) in [6.07, 6.45) is 1.03. The highest BCUT2D eigenvalue weighted by Gasteiger charge is 2.45. The maximum atomic E-state index is 4.87. The van der Waals surface area contributed by atoms with E-state index in [4.69, 9.17) is 33.7 Å². The van der Waals surface area contributed by atoms with E-state index in [0.29, 0.717) is 0 Å². The summed E-state index contributed by atoms with van der Waals surface area (Å²) in [7, 11) is -1.78. The number of benzene rings is 4. The van der Waals surface area contributed by atoms with Crippen LogP contribution < -0.4 is 15.9 Å². The van der Waals surface area contributed by atoms with Crippen LogP contribution in [0.25, 0.3) is 0 Å². The molecule has 5 heteroatoms. The molecule has 152 valence electrons. The lowest BCUT2D eigenvalue weighted by Crippen LogP contribution is -2.32. The van der Waals surface area contributed by atoms with Crippen molar-refractivity contribution in [2.45, 2.75) is 6.16 Å². The summed E-state index contributed by atoms with van der Waals surface area (Å²) >= 11 is 14.6. The van der Waals surface area contributed by atoms with Gasteiger partial charge in [-0.05, 0) is 42.0 Å². The molecule has 30 heavy (non-hydrogen) atoms. The molecule has 0 aliphatic rings. The lowest BCUT2D eigenvalue weighted by atomic mass is 10.2. The lowest BCUT2D eigenvalue weighted by molar-refractivity contribution is 1.39. The van der Waals surface area contributed by atoms with Crippen LogP contribution in [0.4, 0.5) is 0 Å². The smallest absolute Gasteiger partial charge is 0.0622 e. The van der Waals surface area contributed by atoms with Crippen molar-refractivity contribution >= 4 is 62.9 Å². The molecule has 0 aromatic heterocycles. The van der Waals surface area contributed by atoms with Gasteiger partial charge in [-0.1, -0.05) is 119 Å². The van der Waals surface area contributed by atoms with Crippen molar-refractivity contribution in [1.82, 2.24) is 0 Å². The molecule has 0 atom stereocenters. The number of halogens is 3. The summed E-state index contributed by atoms with van der Waals surface area (Å²) in [5.41, 5.74) is 1.39. The lowest BCUT2D eigenvalue weighted by Gasteiger charge is -2.27. The number of hydrogen-bond acceptors (Lipinski definition) is 0. The Balaban J connectivity index is 0.000000589. The molecule has 0 aliphatic carbocycles. The Hall–Kier alpha value is -1.39. The Morgan fingerprint density at radius 3 is 1.03 bits per heavy atom. The second-order valence-electron chi connectivity index (χ2n) is 6.65. The van der Waals surface area contributed by atoms with Crippen LogP contribution in [0.1, 0.15) is 5.56 Å². The number of hydrogen-bond donors (Lipinski definition) is 0. The molecule has 0 N–H and O–H groups in total. The van der Waals surface area contributed by atoms with E-state index in [9.17, 15) is 0 Å². The Labute approximate surface area is 195 Å². The summed E-state index contributed by atoms with van der Waals surface area (Å²) in [4.78, 5) is 0. The van der Waals surface area contributed by atoms with Gasteiger partial charge in [0.1, 0.15) is 23.2 Å². The van der Waals surface area contributed by atoms with Crippen molar-refractivity contribution in [2.24, 2.45) is 0 Å². The average Bonchev–Trinajstić information content (AvgIpc) is 2.80. The molecule has 4 aromatic rings. The van der Waals surface area contributed by atoms with Crippen LogP contribution in [-0.2, 0) is 6.16 Å². The van der Waals surface area contributed by atoms with Gasteiger partial charge in [0.15, 0.2) is 5.98 Å². The highest BCUT2D eigenvalue weighted by atomic mass is 36.0. The van der Waals surface area contributed by atoms with Gasteiger partial charge in [-0.2, -0.15) is 0 Å². The standard InChI is InChI=1S/C25H22P.Cl3P/c1-5-13-22(14-6-1)21-26(23-15-7-2-8-16-23,24-17-9-3-10-18-24)25-19-11-4-12-20-25;1-4(2)3/h1-20H,21H2;/q+1;. The molecule has 0 unspecified atom stereocenters. The van der Waals surface area contributed by atoms with E-state index >= 15 is 0 Å². The molecule has 0 spiro atoms. The van der Waals surface area contributed by atoms with Gasteiger partial charge in [-0.15, -0.1) is 0 Å². The fourth-order valence-corrected chi connectivity index (χ4v) is 7.87. The molecule has 0 aliphatic heterocycles. The first-order valence-corrected chi connectivity index (χ1v) is 15.5. The maximum Gasteiger partial charge on any atom is 0.179 e. The minimum atomic E-state index is -1.78. The van der Waals surface area contributed by atoms with E-state index in [2.05, 4.69) is 121 Å². The minimum absolute atomic E-state index is 1.03. The fraction of sp³-hybridized carbons (Fsp3) is 0.0400. The van der Waals surface area contributed by atoms with Crippen molar-refractivity contribution in [1.29, 1.82) is 0 Å². The highest BCUT2D eigenvalue weighted by Crippen LogP contribution is 2.58. The largest absolute Gasteiger partial charge is 0.179 e. The Morgan fingerprint density at radius 1 is 0.467 bits per heavy atom. The Kier molecular flexibility index (Phi) is 9.20. The van der Waals surface area contributed by atoms with Crippen LogP contribution in [0.15, 0.2) is 121 Å². The second-order valence-corrected chi connectivity index (χ2v) is 15.1. The first-order chi connectivity index (χ1) is 14.6. The normalized spacial score (nSPS) is 10.9. The quantitative estimate of drug-likeness (QED) is 0.248. The molecule has 0 nitrogen and oxygen atoms in total. The van der Waals surface area contributed by atoms with Crippen molar-refractivity contribution in [2.75, 3.05) is 0 Å². The van der Waals surface area contributed by atoms with E-state index in [1.807, 2.05) is 0 Å². The molecule has 0 saturated carbocycles. The molecule has 0 heterocycles. The minimum Gasteiger partial charge on any atom is -0.0622 e. The monoisotopic (exact) mass is 489 g/mol. The molecule has 4 aromatic carbocycles. The van der Waals surface area contributed by atoms with E-state index in [-0.39, 0.29) is 0 Å². The van der Waals surface area contributed by atoms with Gasteiger partial charge in [0.2, 0.25) is 0 Å². The van der Waals surface area contributed by atoms with Crippen LogP contribution in [0.3, 0.4) is 0 Å². The van der Waals surface area contributed by atoms with Crippen LogP contribution in [0.5, 0.6) is 0 Å². The Bertz CT molecular complexity index is 896. The second kappa shape index (κ2) is 11.9. The highest BCUT2D eigenvalue weighted by molar-refractivity contribution is 8.20. The van der Waals surface area contributed by atoms with Crippen molar-refractivity contribution in [3.8, 4) is 0 Å². The molecule has 4 rings (SSSR count). The van der Waals surface area contributed by atoms with Gasteiger partial charge in [0, 0.05) is 0 Å². The van der Waals surface area contributed by atoms with Crippen LogP contribution in [0.2, 0.25) is 0 Å². The van der Waals surface area contributed by atoms with E-state index in [1.165, 1.54) is 21.5 Å². The maximum absolute atomic E-state index is 4.87. The summed E-state index contributed by atoms with van der Waals surface area (Å²) in [6, 6.07) is 44.0. The third-order valence-corrected chi connectivity index (χ3v) is 9.23. The zero-order valence-corrected chi connectivity index (χ0v) is 20.3. The molecule has 0 saturated heterocycles. The molecule has 0 radical (unpaired) electrons. The zero-order chi connectivity index (χ0) is 21.2. The third-order valence-electron chi connectivity index (χ3n) is 4.85. The summed E-state index contributed by atoms with van der Waals surface area (Å²) in [6.45, 7) is 0. The summed E-state index contributed by atoms with van der Waals surface area (Å²) in [5, 5.41) is 4.30. The average molecular weight is 491 g/mol. The summed E-state index contributed by atoms with van der Waals surface area (Å²) < 4.78 is 0. The van der Waals surface area contributed by atoms with Crippen LogP contribution in [0, 0.1) is 0 Å². The van der Waals surface area contributed by atoms with Crippen molar-refractivity contribution in [3.05, 3.63) is 127 Å². The van der Waals surface area contributed by atoms with Gasteiger partial charge < -0.3 is 0 Å². The van der Waals surface area contributed by atoms with Crippen molar-refractivity contribution in [3.63, 3.8) is 0 Å². The van der Waals surface area contributed by atoms with E-state index in [0.717, 1.165) is 6.16 Å². The predicted octanol–water partition coefficient (Wildman–Crippen LogP) is 8.11. The van der Waals surface area contributed by atoms with Gasteiger partial charge in [0.25, 0.3) is 0 Å². The molecule has 0 fully saturated rings. The number of rotatable bonds is 5.